The van der Waals surface area contributed by atoms with Crippen molar-refractivity contribution < 1.29 is 17.9 Å². The predicted octanol–water partition coefficient (Wildman–Crippen LogP) is 3.82. The van der Waals surface area contributed by atoms with Crippen LogP contribution < -0.4 is 15.8 Å². The molecule has 0 atom stereocenters. The Labute approximate surface area is 119 Å². The molecule has 0 unspecified atom stereocenters. The minimum Gasteiger partial charge on any atom is -0.476 e. The van der Waals surface area contributed by atoms with Crippen LogP contribution in [0.5, 0.6) is 5.88 Å². The van der Waals surface area contributed by atoms with Crippen molar-refractivity contribution in [1.29, 1.82) is 0 Å². The second-order valence-corrected chi connectivity index (χ2v) is 4.19. The van der Waals surface area contributed by atoms with E-state index < -0.39 is 11.7 Å². The normalized spacial score (nSPS) is 11.2. The summed E-state index contributed by atoms with van der Waals surface area (Å²) in [7, 11) is 0. The first-order valence-electron chi connectivity index (χ1n) is 6.24. The fourth-order valence-corrected chi connectivity index (χ4v) is 1.75. The zero-order valence-electron chi connectivity index (χ0n) is 11.2. The average molecular weight is 297 g/mol. The van der Waals surface area contributed by atoms with Crippen molar-refractivity contribution in [2.75, 3.05) is 17.7 Å². The molecule has 0 spiro atoms. The molecule has 0 fully saturated rings. The van der Waals surface area contributed by atoms with Gasteiger partial charge in [-0.3, -0.25) is 0 Å². The van der Waals surface area contributed by atoms with E-state index in [9.17, 15) is 13.2 Å². The number of aromatic nitrogens is 1. The highest BCUT2D eigenvalue weighted by atomic mass is 19.4. The molecule has 1 aromatic heterocycles. The number of ether oxygens (including phenoxy) is 1. The van der Waals surface area contributed by atoms with E-state index in [2.05, 4.69) is 10.3 Å². The van der Waals surface area contributed by atoms with Gasteiger partial charge in [0.05, 0.1) is 23.5 Å². The zero-order chi connectivity index (χ0) is 15.5. The van der Waals surface area contributed by atoms with E-state index in [4.69, 9.17) is 10.5 Å². The van der Waals surface area contributed by atoms with Crippen molar-refractivity contribution >= 4 is 17.2 Å². The monoisotopic (exact) mass is 297 g/mol. The molecule has 0 saturated heterocycles. The van der Waals surface area contributed by atoms with Gasteiger partial charge < -0.3 is 15.8 Å². The number of hydrogen-bond acceptors (Lipinski definition) is 4. The number of rotatable bonds is 4. The summed E-state index contributed by atoms with van der Waals surface area (Å²) in [6.45, 7) is 2.12. The highest BCUT2D eigenvalue weighted by Crippen LogP contribution is 2.36. The van der Waals surface area contributed by atoms with Gasteiger partial charge in [0.2, 0.25) is 5.88 Å². The standard InChI is InChI=1S/C14H14F3N3O/c1-2-21-13-10(18)7-8-12(20-13)19-11-6-4-3-5-9(11)14(15,16)17/h3-8H,2,18H2,1H3,(H,19,20). The summed E-state index contributed by atoms with van der Waals surface area (Å²) in [6, 6.07) is 8.19. The second-order valence-electron chi connectivity index (χ2n) is 4.19. The van der Waals surface area contributed by atoms with Gasteiger partial charge in [-0.2, -0.15) is 18.2 Å². The molecule has 7 heteroatoms. The SMILES string of the molecule is CCOc1nc(Nc2ccccc2C(F)(F)F)ccc1N. The Bertz CT molecular complexity index is 629. The number of pyridine rings is 1. The molecule has 1 heterocycles. The number of para-hydroxylation sites is 1. The lowest BCUT2D eigenvalue weighted by molar-refractivity contribution is -0.136. The van der Waals surface area contributed by atoms with E-state index in [1.165, 1.54) is 30.3 Å². The summed E-state index contributed by atoms with van der Waals surface area (Å²) in [5.74, 6) is 0.413. The van der Waals surface area contributed by atoms with Gasteiger partial charge in [-0.1, -0.05) is 12.1 Å². The molecule has 0 bridgehead atoms. The Balaban J connectivity index is 2.33. The average Bonchev–Trinajstić information content (AvgIpc) is 2.42. The van der Waals surface area contributed by atoms with Crippen molar-refractivity contribution in [3.63, 3.8) is 0 Å². The van der Waals surface area contributed by atoms with Crippen molar-refractivity contribution in [1.82, 2.24) is 4.98 Å². The van der Waals surface area contributed by atoms with E-state index in [0.29, 0.717) is 12.3 Å². The lowest BCUT2D eigenvalue weighted by atomic mass is 10.1. The fourth-order valence-electron chi connectivity index (χ4n) is 1.75. The van der Waals surface area contributed by atoms with Crippen LogP contribution >= 0.6 is 0 Å². The van der Waals surface area contributed by atoms with Crippen LogP contribution in [0.1, 0.15) is 12.5 Å². The summed E-state index contributed by atoms with van der Waals surface area (Å²) >= 11 is 0. The van der Waals surface area contributed by atoms with Gasteiger partial charge in [0.25, 0.3) is 0 Å². The molecule has 2 rings (SSSR count). The maximum Gasteiger partial charge on any atom is 0.418 e. The van der Waals surface area contributed by atoms with Crippen LogP contribution in [0.4, 0.5) is 30.4 Å². The number of anilines is 3. The van der Waals surface area contributed by atoms with Gasteiger partial charge in [-0.05, 0) is 31.2 Å². The first-order chi connectivity index (χ1) is 9.91. The number of halogens is 3. The van der Waals surface area contributed by atoms with Gasteiger partial charge >= 0.3 is 6.18 Å². The minimum absolute atomic E-state index is 0.0790. The maximum atomic E-state index is 12.9. The largest absolute Gasteiger partial charge is 0.476 e. The van der Waals surface area contributed by atoms with E-state index >= 15 is 0 Å². The molecule has 112 valence electrons. The number of nitrogens with zero attached hydrogens (tertiary/aromatic N) is 1. The van der Waals surface area contributed by atoms with E-state index in [1.54, 1.807) is 6.92 Å². The number of nitrogens with two attached hydrogens (primary N) is 1. The van der Waals surface area contributed by atoms with E-state index in [-0.39, 0.29) is 17.4 Å². The van der Waals surface area contributed by atoms with Crippen LogP contribution in [0, 0.1) is 0 Å². The van der Waals surface area contributed by atoms with Gasteiger partial charge in [0.15, 0.2) is 0 Å². The number of hydrogen-bond donors (Lipinski definition) is 2. The van der Waals surface area contributed by atoms with Gasteiger partial charge in [0, 0.05) is 0 Å². The Morgan fingerprint density at radius 1 is 1.19 bits per heavy atom. The number of alkyl halides is 3. The van der Waals surface area contributed by atoms with Gasteiger partial charge in [0.1, 0.15) is 5.82 Å². The maximum absolute atomic E-state index is 12.9. The fraction of sp³-hybridized carbons (Fsp3) is 0.214. The Morgan fingerprint density at radius 2 is 1.90 bits per heavy atom. The topological polar surface area (TPSA) is 60.2 Å². The molecule has 21 heavy (non-hydrogen) atoms. The third-order valence-electron chi connectivity index (χ3n) is 2.67. The van der Waals surface area contributed by atoms with E-state index in [0.717, 1.165) is 6.07 Å². The van der Waals surface area contributed by atoms with Crippen LogP contribution in [0.15, 0.2) is 36.4 Å². The molecule has 0 aliphatic heterocycles. The summed E-state index contributed by atoms with van der Waals surface area (Å²) in [5, 5.41) is 2.64. The molecule has 0 aliphatic carbocycles. The Hall–Kier alpha value is -2.44. The van der Waals surface area contributed by atoms with Crippen LogP contribution in [0.3, 0.4) is 0 Å². The first kappa shape index (κ1) is 15.0. The zero-order valence-corrected chi connectivity index (χ0v) is 11.2. The predicted molar refractivity (Wildman–Crippen MR) is 74.5 cm³/mol. The molecule has 1 aromatic carbocycles. The molecule has 0 amide bonds. The Morgan fingerprint density at radius 3 is 2.57 bits per heavy atom. The number of nitrogen functional groups attached to an aromatic ring is 1. The summed E-state index contributed by atoms with van der Waals surface area (Å²) < 4.78 is 43.9. The van der Waals surface area contributed by atoms with Crippen molar-refractivity contribution in [3.05, 3.63) is 42.0 Å². The quantitative estimate of drug-likeness (QED) is 0.900. The molecular weight excluding hydrogens is 283 g/mol. The van der Waals surface area contributed by atoms with Crippen LogP contribution in [-0.2, 0) is 6.18 Å². The van der Waals surface area contributed by atoms with Crippen LogP contribution in [0.25, 0.3) is 0 Å². The summed E-state index contributed by atoms with van der Waals surface area (Å²) in [6.07, 6.45) is -4.44. The third kappa shape index (κ3) is 3.56. The highest BCUT2D eigenvalue weighted by molar-refractivity contribution is 5.64. The van der Waals surface area contributed by atoms with Gasteiger partial charge in [-0.25, -0.2) is 0 Å². The lowest BCUT2D eigenvalue weighted by Crippen LogP contribution is -2.09. The summed E-state index contributed by atoms with van der Waals surface area (Å²) in [4.78, 5) is 4.05. The van der Waals surface area contributed by atoms with Gasteiger partial charge in [-0.15, -0.1) is 0 Å². The Kier molecular flexibility index (Phi) is 4.21. The molecule has 0 saturated carbocycles. The van der Waals surface area contributed by atoms with Crippen molar-refractivity contribution in [2.45, 2.75) is 13.1 Å². The third-order valence-corrected chi connectivity index (χ3v) is 2.67. The van der Waals surface area contributed by atoms with Crippen molar-refractivity contribution in [3.8, 4) is 5.88 Å². The van der Waals surface area contributed by atoms with Crippen molar-refractivity contribution in [2.24, 2.45) is 0 Å². The highest BCUT2D eigenvalue weighted by Gasteiger charge is 2.33. The molecule has 0 aliphatic rings. The van der Waals surface area contributed by atoms with Crippen LogP contribution in [-0.4, -0.2) is 11.6 Å². The molecular formula is C14H14F3N3O. The molecule has 2 aromatic rings. The van der Waals surface area contributed by atoms with E-state index in [1.807, 2.05) is 0 Å². The number of nitrogens with one attached hydrogen (secondary N) is 1. The smallest absolute Gasteiger partial charge is 0.418 e. The summed E-state index contributed by atoms with van der Waals surface area (Å²) in [5.41, 5.74) is 5.16. The molecule has 0 radical (unpaired) electrons. The molecule has 4 nitrogen and oxygen atoms in total. The lowest BCUT2D eigenvalue weighted by Gasteiger charge is -2.14. The number of benzene rings is 1. The van der Waals surface area contributed by atoms with Crippen LogP contribution in [0.2, 0.25) is 0 Å². The first-order valence-corrected chi connectivity index (χ1v) is 6.24. The minimum atomic E-state index is -4.44. The molecule has 3 N–H and O–H groups in total. The second kappa shape index (κ2) is 5.90.